The Bertz CT molecular complexity index is 1260. The quantitative estimate of drug-likeness (QED) is 0.267. The molecular weight excluding hydrogens is 423 g/mol. The molecule has 4 aromatic rings. The van der Waals surface area contributed by atoms with Gasteiger partial charge in [-0.25, -0.2) is 4.39 Å². The molecule has 1 amide bonds. The number of nitro groups is 1. The second kappa shape index (κ2) is 8.88. The molecule has 2 aromatic heterocycles. The number of amides is 1. The Labute approximate surface area is 179 Å². The number of fused-ring (bicyclic) bond motifs is 1. The molecule has 0 fully saturated rings. The zero-order valence-corrected chi connectivity index (χ0v) is 16.8. The number of thioether (sulfide) groups is 1. The number of benzene rings is 2. The highest BCUT2D eigenvalue weighted by Crippen LogP contribution is 2.23. The third-order valence-corrected chi connectivity index (χ3v) is 5.24. The standard InChI is InChI=1S/C20H15FN6O3S/c21-15-6-4-13(5-7-15)11-22-19(28)12-31-20-24-23-18-9-8-17(25-26(18)20)14-2-1-3-16(10-14)27(29)30/h1-10H,11-12H2,(H,22,28). The maximum atomic E-state index is 12.9. The highest BCUT2D eigenvalue weighted by molar-refractivity contribution is 7.99. The molecule has 2 aromatic carbocycles. The molecule has 0 radical (unpaired) electrons. The van der Waals surface area contributed by atoms with Gasteiger partial charge in [0.25, 0.3) is 5.69 Å². The van der Waals surface area contributed by atoms with E-state index in [0.29, 0.717) is 22.1 Å². The van der Waals surface area contributed by atoms with Gasteiger partial charge < -0.3 is 5.32 Å². The van der Waals surface area contributed by atoms with Crippen LogP contribution in [0.5, 0.6) is 0 Å². The van der Waals surface area contributed by atoms with E-state index in [4.69, 9.17) is 0 Å². The molecule has 11 heteroatoms. The molecule has 156 valence electrons. The Morgan fingerprint density at radius 1 is 1.13 bits per heavy atom. The van der Waals surface area contributed by atoms with Gasteiger partial charge in [0.2, 0.25) is 11.1 Å². The van der Waals surface area contributed by atoms with Crippen LogP contribution in [0.3, 0.4) is 0 Å². The minimum absolute atomic E-state index is 0.0319. The van der Waals surface area contributed by atoms with E-state index in [-0.39, 0.29) is 29.7 Å². The van der Waals surface area contributed by atoms with Gasteiger partial charge in [-0.3, -0.25) is 14.9 Å². The van der Waals surface area contributed by atoms with Crippen molar-refractivity contribution in [2.24, 2.45) is 0 Å². The Morgan fingerprint density at radius 3 is 2.71 bits per heavy atom. The SMILES string of the molecule is O=C(CSc1nnc2ccc(-c3cccc([N+](=O)[O-])c3)nn12)NCc1ccc(F)cc1. The lowest BCUT2D eigenvalue weighted by Gasteiger charge is -2.05. The number of carbonyl (C=O) groups is 1. The summed E-state index contributed by atoms with van der Waals surface area (Å²) in [5, 5.41) is 26.8. The van der Waals surface area contributed by atoms with E-state index in [1.54, 1.807) is 36.4 Å². The summed E-state index contributed by atoms with van der Waals surface area (Å²) in [4.78, 5) is 22.7. The van der Waals surface area contributed by atoms with E-state index in [2.05, 4.69) is 20.6 Å². The zero-order chi connectivity index (χ0) is 21.8. The van der Waals surface area contributed by atoms with Crippen LogP contribution in [0.2, 0.25) is 0 Å². The smallest absolute Gasteiger partial charge is 0.270 e. The van der Waals surface area contributed by atoms with Crippen LogP contribution in [0.1, 0.15) is 5.56 Å². The third-order valence-electron chi connectivity index (χ3n) is 4.32. The predicted octanol–water partition coefficient (Wildman–Crippen LogP) is 3.25. The largest absolute Gasteiger partial charge is 0.351 e. The van der Waals surface area contributed by atoms with Crippen molar-refractivity contribution in [2.75, 3.05) is 5.75 Å². The van der Waals surface area contributed by atoms with E-state index in [1.807, 2.05) is 0 Å². The van der Waals surface area contributed by atoms with Gasteiger partial charge >= 0.3 is 0 Å². The molecule has 0 bridgehead atoms. The first-order valence-electron chi connectivity index (χ1n) is 9.11. The highest BCUT2D eigenvalue weighted by Gasteiger charge is 2.13. The van der Waals surface area contributed by atoms with Crippen LogP contribution in [0.25, 0.3) is 16.9 Å². The summed E-state index contributed by atoms with van der Waals surface area (Å²) in [5.74, 6) is -0.466. The summed E-state index contributed by atoms with van der Waals surface area (Å²) in [7, 11) is 0. The second-order valence-corrected chi connectivity index (χ2v) is 7.41. The van der Waals surface area contributed by atoms with Gasteiger partial charge in [-0.1, -0.05) is 36.0 Å². The van der Waals surface area contributed by atoms with Crippen molar-refractivity contribution in [3.8, 4) is 11.3 Å². The normalized spacial score (nSPS) is 10.9. The van der Waals surface area contributed by atoms with Crippen LogP contribution in [-0.4, -0.2) is 36.4 Å². The summed E-state index contributed by atoms with van der Waals surface area (Å²) in [6.07, 6.45) is 0. The molecule has 0 aliphatic rings. The lowest BCUT2D eigenvalue weighted by atomic mass is 10.1. The van der Waals surface area contributed by atoms with Gasteiger partial charge in [-0.05, 0) is 29.8 Å². The molecule has 0 saturated heterocycles. The molecule has 1 N–H and O–H groups in total. The first-order valence-corrected chi connectivity index (χ1v) is 10.1. The van der Waals surface area contributed by atoms with Crippen molar-refractivity contribution < 1.29 is 14.1 Å². The van der Waals surface area contributed by atoms with E-state index in [0.717, 1.165) is 17.3 Å². The average Bonchev–Trinajstić information content (AvgIpc) is 3.19. The van der Waals surface area contributed by atoms with Crippen LogP contribution >= 0.6 is 11.8 Å². The number of nitro benzene ring substituents is 1. The van der Waals surface area contributed by atoms with Crippen molar-refractivity contribution in [3.63, 3.8) is 0 Å². The molecule has 0 aliphatic heterocycles. The third kappa shape index (κ3) is 4.83. The Hall–Kier alpha value is -3.86. The maximum Gasteiger partial charge on any atom is 0.270 e. The van der Waals surface area contributed by atoms with Gasteiger partial charge in [0, 0.05) is 24.2 Å². The number of nitrogens with one attached hydrogen (secondary N) is 1. The molecule has 0 unspecified atom stereocenters. The lowest BCUT2D eigenvalue weighted by Crippen LogP contribution is -2.24. The van der Waals surface area contributed by atoms with Crippen molar-refractivity contribution in [2.45, 2.75) is 11.7 Å². The molecule has 31 heavy (non-hydrogen) atoms. The van der Waals surface area contributed by atoms with Gasteiger partial charge in [-0.15, -0.1) is 10.2 Å². The van der Waals surface area contributed by atoms with E-state index in [1.165, 1.54) is 28.8 Å². The number of hydrogen-bond acceptors (Lipinski definition) is 7. The van der Waals surface area contributed by atoms with Crippen LogP contribution in [0.4, 0.5) is 10.1 Å². The summed E-state index contributed by atoms with van der Waals surface area (Å²) in [6, 6.07) is 15.4. The summed E-state index contributed by atoms with van der Waals surface area (Å²) in [5.41, 5.74) is 2.34. The van der Waals surface area contributed by atoms with Gasteiger partial charge in [0.1, 0.15) is 5.82 Å². The van der Waals surface area contributed by atoms with Crippen molar-refractivity contribution in [1.82, 2.24) is 25.1 Å². The number of hydrogen-bond donors (Lipinski definition) is 1. The van der Waals surface area contributed by atoms with Crippen molar-refractivity contribution >= 4 is 29.0 Å². The molecular formula is C20H15FN6O3S. The zero-order valence-electron chi connectivity index (χ0n) is 15.9. The predicted molar refractivity (Wildman–Crippen MR) is 112 cm³/mol. The summed E-state index contributed by atoms with van der Waals surface area (Å²) in [6.45, 7) is 0.287. The fraction of sp³-hybridized carbons (Fsp3) is 0.100. The lowest BCUT2D eigenvalue weighted by molar-refractivity contribution is -0.384. The molecule has 0 spiro atoms. The first-order chi connectivity index (χ1) is 15.0. The van der Waals surface area contributed by atoms with Crippen LogP contribution in [-0.2, 0) is 11.3 Å². The van der Waals surface area contributed by atoms with Crippen molar-refractivity contribution in [1.29, 1.82) is 0 Å². The van der Waals surface area contributed by atoms with Crippen LogP contribution in [0, 0.1) is 15.9 Å². The molecule has 9 nitrogen and oxygen atoms in total. The molecule has 0 aliphatic carbocycles. The van der Waals surface area contributed by atoms with E-state index >= 15 is 0 Å². The Balaban J connectivity index is 1.45. The van der Waals surface area contributed by atoms with Gasteiger partial charge in [0.05, 0.1) is 16.4 Å². The molecule has 0 atom stereocenters. The monoisotopic (exact) mass is 438 g/mol. The van der Waals surface area contributed by atoms with Crippen LogP contribution in [0.15, 0.2) is 65.8 Å². The maximum absolute atomic E-state index is 12.9. The van der Waals surface area contributed by atoms with Gasteiger partial charge in [0.15, 0.2) is 5.65 Å². The van der Waals surface area contributed by atoms with Gasteiger partial charge in [-0.2, -0.15) is 9.61 Å². The number of nitrogens with zero attached hydrogens (tertiary/aromatic N) is 5. The molecule has 4 rings (SSSR count). The Kier molecular flexibility index (Phi) is 5.85. The second-order valence-electron chi connectivity index (χ2n) is 6.47. The van der Waals surface area contributed by atoms with Crippen LogP contribution < -0.4 is 5.32 Å². The minimum Gasteiger partial charge on any atom is -0.351 e. The topological polar surface area (TPSA) is 115 Å². The number of rotatable bonds is 7. The highest BCUT2D eigenvalue weighted by atomic mass is 32.2. The van der Waals surface area contributed by atoms with E-state index < -0.39 is 4.92 Å². The average molecular weight is 438 g/mol. The molecule has 2 heterocycles. The first kappa shape index (κ1) is 20.4. The minimum atomic E-state index is -0.466. The number of halogens is 1. The fourth-order valence-corrected chi connectivity index (χ4v) is 3.49. The number of carbonyl (C=O) groups excluding carboxylic acids is 1. The van der Waals surface area contributed by atoms with Crippen molar-refractivity contribution in [3.05, 3.63) is 82.2 Å². The molecule has 0 saturated carbocycles. The Morgan fingerprint density at radius 2 is 1.94 bits per heavy atom. The summed E-state index contributed by atoms with van der Waals surface area (Å²) >= 11 is 1.16. The number of aromatic nitrogens is 4. The number of non-ortho nitro benzene ring substituents is 1. The fourth-order valence-electron chi connectivity index (χ4n) is 2.78. The summed E-state index contributed by atoms with van der Waals surface area (Å²) < 4.78 is 14.4. The van der Waals surface area contributed by atoms with E-state index in [9.17, 15) is 19.3 Å².